The summed E-state index contributed by atoms with van der Waals surface area (Å²) in [4.78, 5) is 0. The van der Waals surface area contributed by atoms with Crippen LogP contribution in [0.1, 0.15) is 49.4 Å². The number of aryl methyl sites for hydroxylation is 1. The molecule has 0 fully saturated rings. The van der Waals surface area contributed by atoms with Crippen LogP contribution in [0.15, 0.2) is 54.6 Å². The van der Waals surface area contributed by atoms with Crippen molar-refractivity contribution in [2.24, 2.45) is 0 Å². The fourth-order valence-electron chi connectivity index (χ4n) is 2.49. The van der Waals surface area contributed by atoms with Crippen molar-refractivity contribution in [1.29, 1.82) is 0 Å². The molecule has 0 amide bonds. The van der Waals surface area contributed by atoms with Gasteiger partial charge in [-0.25, -0.2) is 0 Å². The zero-order valence-corrected chi connectivity index (χ0v) is 12.6. The molecule has 0 aliphatic heterocycles. The lowest BCUT2D eigenvalue weighted by molar-refractivity contribution is 0.493. The number of rotatable bonds is 7. The van der Waals surface area contributed by atoms with Crippen LogP contribution in [-0.4, -0.2) is 0 Å². The van der Waals surface area contributed by atoms with Crippen molar-refractivity contribution in [3.8, 4) is 0 Å². The summed E-state index contributed by atoms with van der Waals surface area (Å²) in [6, 6.07) is 20.1. The molecule has 0 aliphatic rings. The molecule has 1 unspecified atom stereocenters. The van der Waals surface area contributed by atoms with E-state index in [1.165, 1.54) is 29.5 Å². The molecule has 2 rings (SSSR count). The maximum Gasteiger partial charge on any atom is 0.0323 e. The van der Waals surface area contributed by atoms with Crippen LogP contribution in [-0.2, 0) is 13.0 Å². The summed E-state index contributed by atoms with van der Waals surface area (Å²) in [6.45, 7) is 5.37. The first kappa shape index (κ1) is 14.8. The van der Waals surface area contributed by atoms with E-state index in [2.05, 4.69) is 73.8 Å². The summed E-state index contributed by atoms with van der Waals surface area (Å²) in [6.07, 6.45) is 3.48. The van der Waals surface area contributed by atoms with Crippen LogP contribution >= 0.6 is 0 Å². The van der Waals surface area contributed by atoms with E-state index in [9.17, 15) is 0 Å². The van der Waals surface area contributed by atoms with Crippen molar-refractivity contribution in [3.05, 3.63) is 71.3 Å². The molecular formula is C19H25N. The van der Waals surface area contributed by atoms with Crippen LogP contribution in [0, 0.1) is 0 Å². The average Bonchev–Trinajstić information content (AvgIpc) is 2.53. The Morgan fingerprint density at radius 2 is 1.50 bits per heavy atom. The van der Waals surface area contributed by atoms with Gasteiger partial charge in [0.2, 0.25) is 0 Å². The summed E-state index contributed by atoms with van der Waals surface area (Å²) < 4.78 is 0. The number of benzene rings is 2. The van der Waals surface area contributed by atoms with Crippen LogP contribution in [0.5, 0.6) is 0 Å². The second-order valence-corrected chi connectivity index (χ2v) is 5.30. The first-order valence-electron chi connectivity index (χ1n) is 7.69. The predicted octanol–water partition coefficient (Wildman–Crippen LogP) is 4.88. The van der Waals surface area contributed by atoms with E-state index in [-0.39, 0.29) is 0 Å². The first-order valence-corrected chi connectivity index (χ1v) is 7.69. The van der Waals surface area contributed by atoms with E-state index in [0.717, 1.165) is 13.0 Å². The monoisotopic (exact) mass is 267 g/mol. The molecule has 0 heterocycles. The van der Waals surface area contributed by atoms with Crippen molar-refractivity contribution in [2.75, 3.05) is 0 Å². The van der Waals surface area contributed by atoms with Gasteiger partial charge in [0.15, 0.2) is 0 Å². The zero-order valence-electron chi connectivity index (χ0n) is 12.6. The molecule has 0 aromatic heterocycles. The van der Waals surface area contributed by atoms with Gasteiger partial charge in [-0.05, 0) is 29.5 Å². The van der Waals surface area contributed by atoms with E-state index in [1.54, 1.807) is 0 Å². The molecule has 106 valence electrons. The third-order valence-electron chi connectivity index (χ3n) is 3.76. The Hall–Kier alpha value is -1.60. The van der Waals surface area contributed by atoms with Crippen molar-refractivity contribution in [2.45, 2.75) is 45.7 Å². The summed E-state index contributed by atoms with van der Waals surface area (Å²) in [5.74, 6) is 0. The van der Waals surface area contributed by atoms with Gasteiger partial charge in [-0.2, -0.15) is 0 Å². The molecule has 0 aliphatic carbocycles. The molecule has 0 radical (unpaired) electrons. The molecule has 2 aromatic rings. The van der Waals surface area contributed by atoms with Crippen molar-refractivity contribution >= 4 is 0 Å². The Morgan fingerprint density at radius 3 is 2.10 bits per heavy atom. The Bertz CT molecular complexity index is 487. The van der Waals surface area contributed by atoms with Crippen LogP contribution in [0.25, 0.3) is 0 Å². The maximum absolute atomic E-state index is 3.69. The quantitative estimate of drug-likeness (QED) is 0.754. The molecule has 0 saturated carbocycles. The van der Waals surface area contributed by atoms with Crippen LogP contribution in [0.4, 0.5) is 0 Å². The summed E-state index contributed by atoms with van der Waals surface area (Å²) >= 11 is 0. The third kappa shape index (κ3) is 4.21. The van der Waals surface area contributed by atoms with Gasteiger partial charge in [0.25, 0.3) is 0 Å². The Labute approximate surface area is 123 Å². The van der Waals surface area contributed by atoms with E-state index in [4.69, 9.17) is 0 Å². The lowest BCUT2D eigenvalue weighted by Gasteiger charge is -2.19. The maximum atomic E-state index is 3.69. The minimum absolute atomic E-state index is 0.451. The Kier molecular flexibility index (Phi) is 5.82. The summed E-state index contributed by atoms with van der Waals surface area (Å²) in [5, 5.41) is 3.69. The highest BCUT2D eigenvalue weighted by molar-refractivity contribution is 5.23. The summed E-state index contributed by atoms with van der Waals surface area (Å²) in [7, 11) is 0. The van der Waals surface area contributed by atoms with Crippen LogP contribution < -0.4 is 5.32 Å². The third-order valence-corrected chi connectivity index (χ3v) is 3.76. The minimum atomic E-state index is 0.451. The molecule has 0 spiro atoms. The second kappa shape index (κ2) is 7.86. The summed E-state index contributed by atoms with van der Waals surface area (Å²) in [5.41, 5.74) is 4.15. The highest BCUT2D eigenvalue weighted by atomic mass is 14.9. The van der Waals surface area contributed by atoms with Crippen LogP contribution in [0.2, 0.25) is 0 Å². The van der Waals surface area contributed by atoms with Gasteiger partial charge < -0.3 is 5.32 Å². The lowest BCUT2D eigenvalue weighted by atomic mass is 10.0. The van der Waals surface area contributed by atoms with Gasteiger partial charge in [0.1, 0.15) is 0 Å². The van der Waals surface area contributed by atoms with E-state index >= 15 is 0 Å². The standard InChI is InChI=1S/C19H25N/c1-3-8-19(18-9-6-5-7-10-18)20-15-17-13-11-16(4-2)12-14-17/h5-7,9-14,19-20H,3-4,8,15H2,1-2H3. The Balaban J connectivity index is 1.98. The van der Waals surface area contributed by atoms with E-state index in [0.29, 0.717) is 6.04 Å². The topological polar surface area (TPSA) is 12.0 Å². The van der Waals surface area contributed by atoms with Gasteiger partial charge in [-0.15, -0.1) is 0 Å². The molecule has 1 N–H and O–H groups in total. The number of hydrogen-bond donors (Lipinski definition) is 1. The number of hydrogen-bond acceptors (Lipinski definition) is 1. The van der Waals surface area contributed by atoms with E-state index in [1.807, 2.05) is 0 Å². The molecule has 1 nitrogen and oxygen atoms in total. The molecule has 20 heavy (non-hydrogen) atoms. The van der Waals surface area contributed by atoms with Crippen molar-refractivity contribution in [1.82, 2.24) is 5.32 Å². The fraction of sp³-hybridized carbons (Fsp3) is 0.368. The van der Waals surface area contributed by atoms with Crippen molar-refractivity contribution in [3.63, 3.8) is 0 Å². The average molecular weight is 267 g/mol. The zero-order chi connectivity index (χ0) is 14.2. The highest BCUT2D eigenvalue weighted by Gasteiger charge is 2.09. The predicted molar refractivity (Wildman–Crippen MR) is 86.8 cm³/mol. The fourth-order valence-corrected chi connectivity index (χ4v) is 2.49. The SMILES string of the molecule is CCCC(NCc1ccc(CC)cc1)c1ccccc1. The molecule has 0 bridgehead atoms. The van der Waals surface area contributed by atoms with Gasteiger partial charge in [-0.3, -0.25) is 0 Å². The van der Waals surface area contributed by atoms with E-state index < -0.39 is 0 Å². The highest BCUT2D eigenvalue weighted by Crippen LogP contribution is 2.18. The molecular weight excluding hydrogens is 242 g/mol. The molecule has 1 heteroatoms. The lowest BCUT2D eigenvalue weighted by Crippen LogP contribution is -2.20. The van der Waals surface area contributed by atoms with Gasteiger partial charge in [-0.1, -0.05) is 74.9 Å². The van der Waals surface area contributed by atoms with Gasteiger partial charge in [0, 0.05) is 12.6 Å². The largest absolute Gasteiger partial charge is 0.306 e. The number of nitrogens with one attached hydrogen (secondary N) is 1. The van der Waals surface area contributed by atoms with Gasteiger partial charge >= 0.3 is 0 Å². The normalized spacial score (nSPS) is 12.3. The molecule has 2 aromatic carbocycles. The Morgan fingerprint density at radius 1 is 0.850 bits per heavy atom. The first-order chi connectivity index (χ1) is 9.83. The minimum Gasteiger partial charge on any atom is -0.306 e. The van der Waals surface area contributed by atoms with Gasteiger partial charge in [0.05, 0.1) is 0 Å². The second-order valence-electron chi connectivity index (χ2n) is 5.30. The van der Waals surface area contributed by atoms with Crippen LogP contribution in [0.3, 0.4) is 0 Å². The van der Waals surface area contributed by atoms with Crippen molar-refractivity contribution < 1.29 is 0 Å². The smallest absolute Gasteiger partial charge is 0.0323 e. The molecule has 1 atom stereocenters. The molecule has 0 saturated heterocycles.